The quantitative estimate of drug-likeness (QED) is 0.427. The van der Waals surface area contributed by atoms with Gasteiger partial charge in [-0.3, -0.25) is 4.79 Å². The Labute approximate surface area is 230 Å². The van der Waals surface area contributed by atoms with E-state index in [0.29, 0.717) is 11.4 Å². The van der Waals surface area contributed by atoms with Crippen molar-refractivity contribution in [3.05, 3.63) is 48.0 Å². The zero-order chi connectivity index (χ0) is 28.9. The zero-order valence-electron chi connectivity index (χ0n) is 23.2. The molecule has 0 saturated heterocycles. The summed E-state index contributed by atoms with van der Waals surface area (Å²) < 4.78 is 39.2. The van der Waals surface area contributed by atoms with Crippen LogP contribution in [0.2, 0.25) is 0 Å². The summed E-state index contributed by atoms with van der Waals surface area (Å²) in [7, 11) is -0.851. The summed E-state index contributed by atoms with van der Waals surface area (Å²) in [4.78, 5) is 27.5. The van der Waals surface area contributed by atoms with Crippen molar-refractivity contribution in [2.24, 2.45) is 5.92 Å². The molecule has 0 aromatic heterocycles. The normalized spacial score (nSPS) is 18.6. The summed E-state index contributed by atoms with van der Waals surface area (Å²) in [5.74, 6) is 0.170. The number of sulfonamides is 1. The maximum absolute atomic E-state index is 13.6. The van der Waals surface area contributed by atoms with Crippen LogP contribution in [0.4, 0.5) is 10.5 Å². The Morgan fingerprint density at radius 3 is 2.46 bits per heavy atom. The van der Waals surface area contributed by atoms with Crippen LogP contribution in [-0.2, 0) is 10.0 Å². The number of urea groups is 1. The minimum atomic E-state index is -3.84. The summed E-state index contributed by atoms with van der Waals surface area (Å²) in [6.45, 7) is 7.27. The van der Waals surface area contributed by atoms with E-state index in [1.54, 1.807) is 36.1 Å². The van der Waals surface area contributed by atoms with Gasteiger partial charge in [-0.15, -0.1) is 0 Å². The number of nitrogens with zero attached hydrogens (tertiary/aromatic N) is 2. The molecule has 0 fully saturated rings. The van der Waals surface area contributed by atoms with E-state index >= 15 is 0 Å². The summed E-state index contributed by atoms with van der Waals surface area (Å²) in [6.07, 6.45) is -0.619. The van der Waals surface area contributed by atoms with Crippen LogP contribution in [0.25, 0.3) is 0 Å². The Morgan fingerprint density at radius 2 is 1.87 bits per heavy atom. The fourth-order valence-corrected chi connectivity index (χ4v) is 5.41. The van der Waals surface area contributed by atoms with Crippen molar-refractivity contribution in [1.29, 1.82) is 0 Å². The summed E-state index contributed by atoms with van der Waals surface area (Å²) in [5.41, 5.74) is 0.597. The molecule has 0 spiro atoms. The van der Waals surface area contributed by atoms with Crippen molar-refractivity contribution in [2.75, 3.05) is 39.2 Å². The van der Waals surface area contributed by atoms with Crippen LogP contribution in [-0.4, -0.2) is 86.7 Å². The molecule has 11 nitrogen and oxygen atoms in total. The van der Waals surface area contributed by atoms with Crippen LogP contribution in [0.5, 0.6) is 11.5 Å². The molecule has 2 aromatic rings. The van der Waals surface area contributed by atoms with Crippen molar-refractivity contribution in [2.45, 2.75) is 50.8 Å². The molecule has 3 rings (SSSR count). The highest BCUT2D eigenvalue weighted by molar-refractivity contribution is 7.89. The first-order chi connectivity index (χ1) is 18.4. The fraction of sp³-hybridized carbons (Fsp3) is 0.481. The molecule has 2 aromatic carbocycles. The lowest BCUT2D eigenvalue weighted by atomic mass is 9.99. The third-order valence-corrected chi connectivity index (χ3v) is 8.38. The molecule has 0 bridgehead atoms. The number of amides is 3. The number of rotatable bonds is 9. The van der Waals surface area contributed by atoms with Crippen molar-refractivity contribution in [1.82, 2.24) is 14.5 Å². The summed E-state index contributed by atoms with van der Waals surface area (Å²) in [5, 5.41) is 15.3. The van der Waals surface area contributed by atoms with Gasteiger partial charge < -0.3 is 30.1 Å². The number of anilines is 1. The Kier molecular flexibility index (Phi) is 9.81. The van der Waals surface area contributed by atoms with Crippen molar-refractivity contribution >= 4 is 27.6 Å². The number of hydrogen-bond acceptors (Lipinski definition) is 7. The van der Waals surface area contributed by atoms with Crippen molar-refractivity contribution in [3.8, 4) is 11.5 Å². The van der Waals surface area contributed by atoms with Crippen molar-refractivity contribution < 1.29 is 32.6 Å². The number of carbonyl (C=O) groups excluding carboxylic acids is 2. The highest BCUT2D eigenvalue weighted by Crippen LogP contribution is 2.31. The molecule has 12 heteroatoms. The first kappa shape index (κ1) is 30.2. The van der Waals surface area contributed by atoms with Crippen molar-refractivity contribution in [3.63, 3.8) is 0 Å². The lowest BCUT2D eigenvalue weighted by Gasteiger charge is -2.38. The second-order valence-electron chi connectivity index (χ2n) is 10.0. The first-order valence-corrected chi connectivity index (χ1v) is 14.2. The average Bonchev–Trinajstić information content (AvgIpc) is 2.89. The monoisotopic (exact) mass is 562 g/mol. The van der Waals surface area contributed by atoms with Crippen LogP contribution < -0.4 is 20.1 Å². The number of ether oxygens (including phenoxy) is 2. The predicted molar refractivity (Wildman–Crippen MR) is 148 cm³/mol. The standard InChI is InChI=1S/C27H38N4O7S/c1-17(2)28-27(34)29-20-7-12-24-23(13-20)26(33)31(19(4)16-32)14-18(3)25(38-24)15-30(5)39(35,36)22-10-8-21(37-6)9-11-22/h7-13,17-19,25,32H,14-16H2,1-6H3,(H2,28,29,34)/t18-,19+,25-/m1/s1. The molecule has 0 radical (unpaired) electrons. The molecular weight excluding hydrogens is 524 g/mol. The molecule has 0 unspecified atom stereocenters. The van der Waals surface area contributed by atoms with Crippen LogP contribution in [0.3, 0.4) is 0 Å². The molecule has 214 valence electrons. The topological polar surface area (TPSA) is 138 Å². The average molecular weight is 563 g/mol. The van der Waals surface area contributed by atoms with E-state index in [1.807, 2.05) is 20.8 Å². The van der Waals surface area contributed by atoms with Gasteiger partial charge in [0.15, 0.2) is 0 Å². The summed E-state index contributed by atoms with van der Waals surface area (Å²) >= 11 is 0. The number of benzene rings is 2. The first-order valence-electron chi connectivity index (χ1n) is 12.8. The highest BCUT2D eigenvalue weighted by atomic mass is 32.2. The molecular formula is C27H38N4O7S. The number of carbonyl (C=O) groups is 2. The van der Waals surface area contributed by atoms with E-state index in [9.17, 15) is 23.1 Å². The van der Waals surface area contributed by atoms with Crippen LogP contribution in [0, 0.1) is 5.92 Å². The van der Waals surface area contributed by atoms with Gasteiger partial charge in [-0.05, 0) is 63.2 Å². The lowest BCUT2D eigenvalue weighted by molar-refractivity contribution is 0.0387. The van der Waals surface area contributed by atoms with Gasteiger partial charge in [0.25, 0.3) is 5.91 Å². The molecule has 3 N–H and O–H groups in total. The third kappa shape index (κ3) is 7.20. The van der Waals surface area contributed by atoms with E-state index < -0.39 is 28.2 Å². The maximum Gasteiger partial charge on any atom is 0.319 e. The second kappa shape index (κ2) is 12.7. The number of likely N-dealkylation sites (N-methyl/N-ethyl adjacent to an activating group) is 1. The zero-order valence-corrected chi connectivity index (χ0v) is 24.0. The minimum Gasteiger partial charge on any atom is -0.497 e. The fourth-order valence-electron chi connectivity index (χ4n) is 4.23. The maximum atomic E-state index is 13.6. The Morgan fingerprint density at radius 1 is 1.21 bits per heavy atom. The molecule has 1 aliphatic heterocycles. The van der Waals surface area contributed by atoms with Gasteiger partial charge in [-0.25, -0.2) is 13.2 Å². The van der Waals surface area contributed by atoms with Gasteiger partial charge in [0.1, 0.15) is 17.6 Å². The van der Waals surface area contributed by atoms with Gasteiger partial charge >= 0.3 is 6.03 Å². The number of aliphatic hydroxyl groups is 1. The van der Waals surface area contributed by atoms with E-state index in [2.05, 4.69) is 10.6 Å². The Hall–Kier alpha value is -3.35. The van der Waals surface area contributed by atoms with E-state index in [-0.39, 0.29) is 53.8 Å². The Bertz CT molecular complexity index is 1270. The summed E-state index contributed by atoms with van der Waals surface area (Å²) in [6, 6.07) is 9.88. The predicted octanol–water partition coefficient (Wildman–Crippen LogP) is 2.77. The van der Waals surface area contributed by atoms with Gasteiger partial charge in [-0.1, -0.05) is 6.92 Å². The van der Waals surface area contributed by atoms with Gasteiger partial charge in [0.05, 0.1) is 36.8 Å². The molecule has 0 saturated carbocycles. The number of hydrogen-bond donors (Lipinski definition) is 3. The van der Waals surface area contributed by atoms with E-state index in [0.717, 1.165) is 0 Å². The van der Waals surface area contributed by atoms with Crippen LogP contribution in [0.1, 0.15) is 38.1 Å². The minimum absolute atomic E-state index is 0.0152. The number of methoxy groups -OCH3 is 1. The van der Waals surface area contributed by atoms with Gasteiger partial charge in [0, 0.05) is 31.2 Å². The largest absolute Gasteiger partial charge is 0.497 e. The molecule has 1 aliphatic rings. The van der Waals surface area contributed by atoms with Crippen LogP contribution in [0.15, 0.2) is 47.4 Å². The molecule has 39 heavy (non-hydrogen) atoms. The highest BCUT2D eigenvalue weighted by Gasteiger charge is 2.35. The molecule has 1 heterocycles. The van der Waals surface area contributed by atoms with Gasteiger partial charge in [0.2, 0.25) is 10.0 Å². The van der Waals surface area contributed by atoms with E-state index in [1.165, 1.54) is 36.7 Å². The Balaban J connectivity index is 1.93. The number of nitrogens with one attached hydrogen (secondary N) is 2. The number of fused-ring (bicyclic) bond motifs is 1. The van der Waals surface area contributed by atoms with E-state index in [4.69, 9.17) is 9.47 Å². The molecule has 3 atom stereocenters. The van der Waals surface area contributed by atoms with Crippen LogP contribution >= 0.6 is 0 Å². The van der Waals surface area contributed by atoms with Gasteiger partial charge in [-0.2, -0.15) is 4.31 Å². The smallest absolute Gasteiger partial charge is 0.319 e. The molecule has 0 aliphatic carbocycles. The lowest BCUT2D eigenvalue weighted by Crippen LogP contribution is -2.50. The second-order valence-corrected chi connectivity index (χ2v) is 12.1. The third-order valence-electron chi connectivity index (χ3n) is 6.55. The SMILES string of the molecule is COc1ccc(S(=O)(=O)N(C)C[C@H]2Oc3ccc(NC(=O)NC(C)C)cc3C(=O)N([C@@H](C)CO)C[C@H]2C)cc1. The number of aliphatic hydroxyl groups excluding tert-OH is 1. The molecule has 3 amide bonds.